The first-order chi connectivity index (χ1) is 9.43. The number of para-hydroxylation sites is 1. The number of nitrogens with zero attached hydrogens (tertiary/aromatic N) is 2. The van der Waals surface area contributed by atoms with Gasteiger partial charge in [0.1, 0.15) is 0 Å². The van der Waals surface area contributed by atoms with Crippen LogP contribution in [-0.4, -0.2) is 29.2 Å². The summed E-state index contributed by atoms with van der Waals surface area (Å²) in [4.78, 5) is 2.73. The normalized spacial score (nSPS) is 29.1. The molecule has 98 valence electrons. The molecule has 2 aromatic rings. The molecule has 0 bridgehead atoms. The molecule has 0 aliphatic carbocycles. The van der Waals surface area contributed by atoms with Crippen LogP contribution in [0.25, 0.3) is 10.9 Å². The summed E-state index contributed by atoms with van der Waals surface area (Å²) in [5, 5.41) is 1.47. The van der Waals surface area contributed by atoms with Crippen LogP contribution in [0.2, 0.25) is 0 Å². The van der Waals surface area contributed by atoms with E-state index in [-0.39, 0.29) is 0 Å². The third-order valence-electron chi connectivity index (χ3n) is 5.32. The van der Waals surface area contributed by atoms with Gasteiger partial charge in [0.2, 0.25) is 0 Å². The van der Waals surface area contributed by atoms with Gasteiger partial charge in [0.05, 0.1) is 17.3 Å². The molecule has 0 amide bonds. The number of aromatic nitrogens is 1. The van der Waals surface area contributed by atoms with Gasteiger partial charge in [0, 0.05) is 18.5 Å². The molecule has 1 aromatic heterocycles. The fourth-order valence-corrected chi connectivity index (χ4v) is 4.55. The second-order valence-corrected chi connectivity index (χ2v) is 6.21. The SMILES string of the molecule is c1ccc2c(c1)c1c3n2NC[C@H]2CCCN(CC1)[C@@H]32. The Morgan fingerprint density at radius 3 is 3.11 bits per heavy atom. The van der Waals surface area contributed by atoms with Crippen LogP contribution in [0, 0.1) is 5.92 Å². The Bertz CT molecular complexity index is 604. The van der Waals surface area contributed by atoms with Crippen molar-refractivity contribution in [3.05, 3.63) is 35.5 Å². The first-order valence-electron chi connectivity index (χ1n) is 7.53. The first kappa shape index (κ1) is 10.3. The van der Waals surface area contributed by atoms with Crippen molar-refractivity contribution in [3.8, 4) is 0 Å². The molecule has 3 aliphatic heterocycles. The van der Waals surface area contributed by atoms with Gasteiger partial charge in [-0.25, -0.2) is 0 Å². The van der Waals surface area contributed by atoms with Crippen molar-refractivity contribution in [1.82, 2.24) is 9.58 Å². The summed E-state index contributed by atoms with van der Waals surface area (Å²) in [6.07, 6.45) is 3.97. The van der Waals surface area contributed by atoms with E-state index < -0.39 is 0 Å². The molecule has 2 atom stereocenters. The van der Waals surface area contributed by atoms with Crippen molar-refractivity contribution in [2.45, 2.75) is 25.3 Å². The van der Waals surface area contributed by atoms with Crippen LogP contribution < -0.4 is 5.43 Å². The minimum absolute atomic E-state index is 0.672. The summed E-state index contributed by atoms with van der Waals surface area (Å²) in [7, 11) is 0. The van der Waals surface area contributed by atoms with Crippen molar-refractivity contribution in [1.29, 1.82) is 0 Å². The third-order valence-corrected chi connectivity index (χ3v) is 5.32. The zero-order valence-electron chi connectivity index (χ0n) is 11.1. The van der Waals surface area contributed by atoms with Gasteiger partial charge in [-0.15, -0.1) is 0 Å². The van der Waals surface area contributed by atoms with Crippen LogP contribution in [0.4, 0.5) is 0 Å². The lowest BCUT2D eigenvalue weighted by atomic mass is 9.82. The lowest BCUT2D eigenvalue weighted by Crippen LogP contribution is -2.49. The van der Waals surface area contributed by atoms with Crippen LogP contribution in [0.1, 0.15) is 30.1 Å². The fourth-order valence-electron chi connectivity index (χ4n) is 4.55. The van der Waals surface area contributed by atoms with E-state index in [1.54, 1.807) is 11.3 Å². The first-order valence-corrected chi connectivity index (χ1v) is 7.53. The second kappa shape index (κ2) is 3.54. The van der Waals surface area contributed by atoms with Crippen molar-refractivity contribution < 1.29 is 0 Å². The average molecular weight is 253 g/mol. The molecule has 0 unspecified atom stereocenters. The van der Waals surface area contributed by atoms with Gasteiger partial charge in [0.25, 0.3) is 0 Å². The summed E-state index contributed by atoms with van der Waals surface area (Å²) >= 11 is 0. The molecule has 1 saturated heterocycles. The molecule has 3 aliphatic rings. The fraction of sp³-hybridized carbons (Fsp3) is 0.500. The van der Waals surface area contributed by atoms with Crippen molar-refractivity contribution in [3.63, 3.8) is 0 Å². The highest BCUT2D eigenvalue weighted by molar-refractivity contribution is 5.86. The average Bonchev–Trinajstić information content (AvgIpc) is 2.81. The molecular formula is C16H19N3. The number of fused-ring (bicyclic) bond motifs is 3. The Labute approximate surface area is 113 Å². The minimum atomic E-state index is 0.672. The van der Waals surface area contributed by atoms with Crippen molar-refractivity contribution in [2.75, 3.05) is 25.1 Å². The Hall–Kier alpha value is -1.48. The highest BCUT2D eigenvalue weighted by Gasteiger charge is 2.42. The number of piperidine rings is 1. The van der Waals surface area contributed by atoms with Crippen LogP contribution >= 0.6 is 0 Å². The van der Waals surface area contributed by atoms with Crippen molar-refractivity contribution in [2.24, 2.45) is 5.92 Å². The smallest absolute Gasteiger partial charge is 0.0699 e. The minimum Gasteiger partial charge on any atom is -0.325 e. The van der Waals surface area contributed by atoms with Crippen LogP contribution in [0.5, 0.6) is 0 Å². The quantitative estimate of drug-likeness (QED) is 0.778. The predicted octanol–water partition coefficient (Wildman–Crippen LogP) is 2.51. The zero-order chi connectivity index (χ0) is 12.4. The van der Waals surface area contributed by atoms with E-state index >= 15 is 0 Å². The predicted molar refractivity (Wildman–Crippen MR) is 76.9 cm³/mol. The number of nitrogens with one attached hydrogen (secondary N) is 1. The van der Waals surface area contributed by atoms with Crippen LogP contribution in [-0.2, 0) is 6.42 Å². The van der Waals surface area contributed by atoms with E-state index in [2.05, 4.69) is 39.3 Å². The molecule has 1 aromatic carbocycles. The monoisotopic (exact) mass is 253 g/mol. The maximum absolute atomic E-state index is 3.67. The molecule has 4 heterocycles. The number of benzene rings is 1. The van der Waals surface area contributed by atoms with Gasteiger partial charge in [-0.2, -0.15) is 0 Å². The summed E-state index contributed by atoms with van der Waals surface area (Å²) in [6, 6.07) is 9.56. The van der Waals surface area contributed by atoms with E-state index in [0.29, 0.717) is 6.04 Å². The van der Waals surface area contributed by atoms with E-state index in [0.717, 1.165) is 12.5 Å². The molecule has 0 saturated carbocycles. The number of rotatable bonds is 0. The summed E-state index contributed by atoms with van der Waals surface area (Å²) < 4.78 is 2.39. The standard InChI is InChI=1S/C16H19N3/c1-2-6-14-12(5-1)13-7-9-18-8-3-4-11-10-17-19(14)16(13)15(11)18/h1-2,5-6,11,15,17H,3-4,7-10H2/t11-,15-/m1/s1. The molecule has 0 radical (unpaired) electrons. The zero-order valence-corrected chi connectivity index (χ0v) is 11.1. The molecule has 1 N–H and O–H groups in total. The van der Waals surface area contributed by atoms with E-state index in [1.807, 2.05) is 0 Å². The summed E-state index contributed by atoms with van der Waals surface area (Å²) in [6.45, 7) is 3.68. The number of hydrogen-bond acceptors (Lipinski definition) is 2. The van der Waals surface area contributed by atoms with E-state index in [1.165, 1.54) is 43.3 Å². The van der Waals surface area contributed by atoms with Gasteiger partial charge in [0.15, 0.2) is 0 Å². The van der Waals surface area contributed by atoms with Crippen LogP contribution in [0.15, 0.2) is 24.3 Å². The lowest BCUT2D eigenvalue weighted by molar-refractivity contribution is 0.0743. The molecule has 3 nitrogen and oxygen atoms in total. The third kappa shape index (κ3) is 1.22. The maximum atomic E-state index is 3.67. The Balaban J connectivity index is 1.83. The largest absolute Gasteiger partial charge is 0.325 e. The highest BCUT2D eigenvalue weighted by Crippen LogP contribution is 2.45. The molecule has 19 heavy (non-hydrogen) atoms. The van der Waals surface area contributed by atoms with Crippen LogP contribution in [0.3, 0.4) is 0 Å². The summed E-state index contributed by atoms with van der Waals surface area (Å²) in [5.74, 6) is 0.810. The molecule has 0 spiro atoms. The highest BCUT2D eigenvalue weighted by atomic mass is 15.4. The Kier molecular flexibility index (Phi) is 1.92. The van der Waals surface area contributed by atoms with E-state index in [4.69, 9.17) is 0 Å². The van der Waals surface area contributed by atoms with Gasteiger partial charge in [-0.3, -0.25) is 9.58 Å². The molecule has 5 rings (SSSR count). The van der Waals surface area contributed by atoms with Gasteiger partial charge in [-0.05, 0) is 43.4 Å². The molecule has 3 heteroatoms. The summed E-state index contributed by atoms with van der Waals surface area (Å²) in [5.41, 5.74) is 8.22. The lowest BCUT2D eigenvalue weighted by Gasteiger charge is -2.47. The topological polar surface area (TPSA) is 20.2 Å². The van der Waals surface area contributed by atoms with Gasteiger partial charge >= 0.3 is 0 Å². The van der Waals surface area contributed by atoms with E-state index in [9.17, 15) is 0 Å². The molecule has 1 fully saturated rings. The maximum Gasteiger partial charge on any atom is 0.0699 e. The van der Waals surface area contributed by atoms with Gasteiger partial charge in [-0.1, -0.05) is 18.2 Å². The van der Waals surface area contributed by atoms with Crippen molar-refractivity contribution >= 4 is 10.9 Å². The Morgan fingerprint density at radius 1 is 1.16 bits per heavy atom. The molecular weight excluding hydrogens is 234 g/mol. The Morgan fingerprint density at radius 2 is 2.11 bits per heavy atom. The number of hydrogen-bond donors (Lipinski definition) is 1. The second-order valence-electron chi connectivity index (χ2n) is 6.21. The van der Waals surface area contributed by atoms with Gasteiger partial charge < -0.3 is 5.43 Å².